The minimum Gasteiger partial charge on any atom is -0.393 e. The van der Waals surface area contributed by atoms with Gasteiger partial charge in [-0.1, -0.05) is 12.8 Å². The van der Waals surface area contributed by atoms with Gasteiger partial charge in [0.05, 0.1) is 11.7 Å². The number of hydrogen-bond donors (Lipinski definition) is 2. The predicted molar refractivity (Wildman–Crippen MR) is 65.4 cm³/mol. The van der Waals surface area contributed by atoms with E-state index < -0.39 is 0 Å². The van der Waals surface area contributed by atoms with Crippen molar-refractivity contribution in [1.29, 1.82) is 5.26 Å². The Labute approximate surface area is 101 Å². The monoisotopic (exact) mass is 231 g/mol. The van der Waals surface area contributed by atoms with Crippen LogP contribution in [-0.4, -0.2) is 22.7 Å². The SMILES string of the molecule is N#Cc1ccc(NCC2CCCCC2O)nc1. The van der Waals surface area contributed by atoms with Crippen molar-refractivity contribution >= 4 is 5.82 Å². The van der Waals surface area contributed by atoms with E-state index in [9.17, 15) is 5.11 Å². The summed E-state index contributed by atoms with van der Waals surface area (Å²) in [7, 11) is 0. The first-order valence-corrected chi connectivity index (χ1v) is 6.07. The summed E-state index contributed by atoms with van der Waals surface area (Å²) in [5.74, 6) is 1.09. The molecule has 0 saturated heterocycles. The number of aromatic nitrogens is 1. The van der Waals surface area contributed by atoms with Crippen LogP contribution in [0.5, 0.6) is 0 Å². The number of aliphatic hydroxyl groups excluding tert-OH is 1. The summed E-state index contributed by atoms with van der Waals surface area (Å²) in [6.45, 7) is 0.750. The van der Waals surface area contributed by atoms with Gasteiger partial charge in [0, 0.05) is 18.7 Å². The van der Waals surface area contributed by atoms with Crippen molar-refractivity contribution in [3.8, 4) is 6.07 Å². The molecule has 1 aromatic rings. The number of aliphatic hydroxyl groups is 1. The van der Waals surface area contributed by atoms with Crippen molar-refractivity contribution in [1.82, 2.24) is 4.98 Å². The van der Waals surface area contributed by atoms with Gasteiger partial charge < -0.3 is 10.4 Å². The molecule has 0 radical (unpaired) electrons. The van der Waals surface area contributed by atoms with Gasteiger partial charge in [0.1, 0.15) is 11.9 Å². The van der Waals surface area contributed by atoms with E-state index in [1.807, 2.05) is 6.07 Å². The number of rotatable bonds is 3. The fourth-order valence-electron chi connectivity index (χ4n) is 2.23. The highest BCUT2D eigenvalue weighted by molar-refractivity contribution is 5.38. The minimum absolute atomic E-state index is 0.186. The molecule has 0 spiro atoms. The lowest BCUT2D eigenvalue weighted by atomic mass is 9.86. The fraction of sp³-hybridized carbons (Fsp3) is 0.538. The van der Waals surface area contributed by atoms with Gasteiger partial charge >= 0.3 is 0 Å². The molecule has 1 aromatic heterocycles. The smallest absolute Gasteiger partial charge is 0.125 e. The van der Waals surface area contributed by atoms with Crippen LogP contribution < -0.4 is 5.32 Å². The highest BCUT2D eigenvalue weighted by Crippen LogP contribution is 2.24. The lowest BCUT2D eigenvalue weighted by molar-refractivity contribution is 0.0763. The Kier molecular flexibility index (Phi) is 3.94. The van der Waals surface area contributed by atoms with Crippen molar-refractivity contribution in [3.63, 3.8) is 0 Å². The molecule has 0 aliphatic heterocycles. The molecule has 2 unspecified atom stereocenters. The van der Waals surface area contributed by atoms with Crippen molar-refractivity contribution in [2.75, 3.05) is 11.9 Å². The molecule has 1 saturated carbocycles. The van der Waals surface area contributed by atoms with Crippen LogP contribution in [0.4, 0.5) is 5.82 Å². The van der Waals surface area contributed by atoms with Crippen LogP contribution in [0, 0.1) is 17.2 Å². The number of pyridine rings is 1. The molecule has 0 bridgehead atoms. The van der Waals surface area contributed by atoms with Gasteiger partial charge in [-0.05, 0) is 25.0 Å². The second-order valence-corrected chi connectivity index (χ2v) is 4.54. The van der Waals surface area contributed by atoms with Crippen molar-refractivity contribution in [3.05, 3.63) is 23.9 Å². The third-order valence-corrected chi connectivity index (χ3v) is 3.31. The van der Waals surface area contributed by atoms with Crippen molar-refractivity contribution < 1.29 is 5.11 Å². The minimum atomic E-state index is -0.186. The molecule has 17 heavy (non-hydrogen) atoms. The topological polar surface area (TPSA) is 68.9 Å². The van der Waals surface area contributed by atoms with Crippen LogP contribution in [-0.2, 0) is 0 Å². The Morgan fingerprint density at radius 3 is 2.88 bits per heavy atom. The third kappa shape index (κ3) is 3.18. The van der Waals surface area contributed by atoms with Gasteiger partial charge in [0.2, 0.25) is 0 Å². The molecule has 4 nitrogen and oxygen atoms in total. The van der Waals surface area contributed by atoms with Crippen LogP contribution in [0.15, 0.2) is 18.3 Å². The third-order valence-electron chi connectivity index (χ3n) is 3.31. The van der Waals surface area contributed by atoms with E-state index in [1.54, 1.807) is 18.3 Å². The lowest BCUT2D eigenvalue weighted by Crippen LogP contribution is -2.30. The van der Waals surface area contributed by atoms with Gasteiger partial charge in [-0.3, -0.25) is 0 Å². The summed E-state index contributed by atoms with van der Waals surface area (Å²) in [5, 5.41) is 21.7. The van der Waals surface area contributed by atoms with E-state index >= 15 is 0 Å². The fourth-order valence-corrected chi connectivity index (χ4v) is 2.23. The normalized spacial score (nSPS) is 24.0. The molecule has 0 aromatic carbocycles. The number of nitrogens with zero attached hydrogens (tertiary/aromatic N) is 2. The second kappa shape index (κ2) is 5.65. The van der Waals surface area contributed by atoms with E-state index in [1.165, 1.54) is 6.42 Å². The quantitative estimate of drug-likeness (QED) is 0.833. The first-order valence-electron chi connectivity index (χ1n) is 6.07. The van der Waals surface area contributed by atoms with E-state index in [2.05, 4.69) is 10.3 Å². The Balaban J connectivity index is 1.86. The van der Waals surface area contributed by atoms with Crippen LogP contribution in [0.25, 0.3) is 0 Å². The molecule has 4 heteroatoms. The van der Waals surface area contributed by atoms with Gasteiger partial charge in [-0.2, -0.15) is 5.26 Å². The van der Waals surface area contributed by atoms with Crippen LogP contribution in [0.1, 0.15) is 31.2 Å². The first-order chi connectivity index (χ1) is 8.29. The zero-order valence-corrected chi connectivity index (χ0v) is 9.76. The molecule has 2 rings (SSSR count). The highest BCUT2D eigenvalue weighted by Gasteiger charge is 2.22. The standard InChI is InChI=1S/C13H17N3O/c14-7-10-5-6-13(15-8-10)16-9-11-3-1-2-4-12(11)17/h5-6,8,11-12,17H,1-4,9H2,(H,15,16). The first kappa shape index (κ1) is 11.9. The number of nitriles is 1. The maximum atomic E-state index is 9.83. The van der Waals surface area contributed by atoms with Crippen LogP contribution >= 0.6 is 0 Å². The predicted octanol–water partition coefficient (Wildman–Crippen LogP) is 1.92. The molecule has 1 heterocycles. The van der Waals surface area contributed by atoms with Gasteiger partial charge in [0.25, 0.3) is 0 Å². The summed E-state index contributed by atoms with van der Waals surface area (Å²) < 4.78 is 0. The maximum Gasteiger partial charge on any atom is 0.125 e. The van der Waals surface area contributed by atoms with Gasteiger partial charge in [0.15, 0.2) is 0 Å². The van der Waals surface area contributed by atoms with E-state index in [4.69, 9.17) is 5.26 Å². The zero-order valence-electron chi connectivity index (χ0n) is 9.76. The van der Waals surface area contributed by atoms with Crippen molar-refractivity contribution in [2.24, 2.45) is 5.92 Å². The number of nitrogens with one attached hydrogen (secondary N) is 1. The number of hydrogen-bond acceptors (Lipinski definition) is 4. The van der Waals surface area contributed by atoms with E-state index in [0.29, 0.717) is 11.5 Å². The molecule has 1 aliphatic rings. The summed E-state index contributed by atoms with van der Waals surface area (Å²) in [6, 6.07) is 5.58. The zero-order chi connectivity index (χ0) is 12.1. The largest absolute Gasteiger partial charge is 0.393 e. The Hall–Kier alpha value is -1.60. The molecule has 0 amide bonds. The van der Waals surface area contributed by atoms with Crippen LogP contribution in [0.2, 0.25) is 0 Å². The molecule has 1 fully saturated rings. The summed E-state index contributed by atoms with van der Waals surface area (Å²) in [6.07, 6.45) is 5.68. The Morgan fingerprint density at radius 2 is 2.24 bits per heavy atom. The Bertz CT molecular complexity index is 396. The summed E-state index contributed by atoms with van der Waals surface area (Å²) in [5.41, 5.74) is 0.563. The molecular weight excluding hydrogens is 214 g/mol. The number of anilines is 1. The van der Waals surface area contributed by atoms with E-state index in [-0.39, 0.29) is 6.10 Å². The molecule has 2 atom stereocenters. The molecule has 90 valence electrons. The van der Waals surface area contributed by atoms with Crippen LogP contribution in [0.3, 0.4) is 0 Å². The van der Waals surface area contributed by atoms with Crippen molar-refractivity contribution in [2.45, 2.75) is 31.8 Å². The summed E-state index contributed by atoms with van der Waals surface area (Å²) >= 11 is 0. The maximum absolute atomic E-state index is 9.83. The molecule has 1 aliphatic carbocycles. The lowest BCUT2D eigenvalue weighted by Gasteiger charge is -2.27. The van der Waals surface area contributed by atoms with E-state index in [0.717, 1.165) is 31.6 Å². The molecule has 2 N–H and O–H groups in total. The Morgan fingerprint density at radius 1 is 1.41 bits per heavy atom. The van der Waals surface area contributed by atoms with Gasteiger partial charge in [-0.15, -0.1) is 0 Å². The van der Waals surface area contributed by atoms with Gasteiger partial charge in [-0.25, -0.2) is 4.98 Å². The summed E-state index contributed by atoms with van der Waals surface area (Å²) in [4.78, 5) is 4.14. The average molecular weight is 231 g/mol. The molecular formula is C13H17N3O. The average Bonchev–Trinajstić information content (AvgIpc) is 2.38. The highest BCUT2D eigenvalue weighted by atomic mass is 16.3. The second-order valence-electron chi connectivity index (χ2n) is 4.54.